The van der Waals surface area contributed by atoms with E-state index in [1.54, 1.807) is 12.4 Å². The number of aromatic nitrogens is 4. The predicted molar refractivity (Wildman–Crippen MR) is 84.9 cm³/mol. The molecule has 0 saturated heterocycles. The lowest BCUT2D eigenvalue weighted by Gasteiger charge is -2.11. The van der Waals surface area contributed by atoms with Gasteiger partial charge < -0.3 is 14.4 Å². The third kappa shape index (κ3) is 2.68. The van der Waals surface area contributed by atoms with Gasteiger partial charge in [0.2, 0.25) is 5.88 Å². The first-order valence-electron chi connectivity index (χ1n) is 7.52. The van der Waals surface area contributed by atoms with Crippen molar-refractivity contribution in [2.75, 3.05) is 0 Å². The standard InChI is InChI=1S/C17H16N4O2/c22-14-7-6-13(8-14)21-11-20-15-16(21)18-10-19-17(15)23-9-12-4-2-1-3-5-12/h1-7,10-11,13-14,22H,8-9H2. The summed E-state index contributed by atoms with van der Waals surface area (Å²) in [6.45, 7) is 0.432. The average molecular weight is 308 g/mol. The first kappa shape index (κ1) is 13.9. The van der Waals surface area contributed by atoms with Crippen LogP contribution in [0.5, 0.6) is 5.88 Å². The molecule has 3 aromatic rings. The second kappa shape index (κ2) is 5.81. The lowest BCUT2D eigenvalue weighted by Crippen LogP contribution is -2.08. The van der Waals surface area contributed by atoms with E-state index < -0.39 is 6.10 Å². The average Bonchev–Trinajstić information content (AvgIpc) is 3.20. The van der Waals surface area contributed by atoms with E-state index in [2.05, 4.69) is 15.0 Å². The maximum absolute atomic E-state index is 9.66. The van der Waals surface area contributed by atoms with Crippen molar-refractivity contribution in [2.24, 2.45) is 0 Å². The largest absolute Gasteiger partial charge is 0.471 e. The van der Waals surface area contributed by atoms with Crippen LogP contribution in [0, 0.1) is 0 Å². The zero-order chi connectivity index (χ0) is 15.6. The van der Waals surface area contributed by atoms with Crippen LogP contribution in [0.15, 0.2) is 55.1 Å². The van der Waals surface area contributed by atoms with Crippen LogP contribution in [0.3, 0.4) is 0 Å². The number of fused-ring (bicyclic) bond motifs is 1. The SMILES string of the molecule is OC1C=CC(n2cnc3c(OCc4ccccc4)ncnc32)C1. The van der Waals surface area contributed by atoms with Gasteiger partial charge in [-0.3, -0.25) is 0 Å². The fraction of sp³-hybridized carbons (Fsp3) is 0.235. The number of ether oxygens (including phenoxy) is 1. The van der Waals surface area contributed by atoms with E-state index in [4.69, 9.17) is 4.74 Å². The molecule has 0 aliphatic heterocycles. The summed E-state index contributed by atoms with van der Waals surface area (Å²) in [6, 6.07) is 9.98. The molecule has 23 heavy (non-hydrogen) atoms. The van der Waals surface area contributed by atoms with Gasteiger partial charge in [-0.05, 0) is 5.56 Å². The Balaban J connectivity index is 1.61. The normalized spacial score (nSPS) is 20.2. The number of nitrogens with zero attached hydrogens (tertiary/aromatic N) is 4. The summed E-state index contributed by atoms with van der Waals surface area (Å²) in [4.78, 5) is 12.9. The molecule has 0 radical (unpaired) electrons. The van der Waals surface area contributed by atoms with E-state index in [9.17, 15) is 5.11 Å². The minimum Gasteiger partial charge on any atom is -0.471 e. The molecule has 0 bridgehead atoms. The minimum absolute atomic E-state index is 0.0619. The molecule has 0 saturated carbocycles. The Kier molecular flexibility index (Phi) is 3.51. The molecule has 0 fully saturated rings. The van der Waals surface area contributed by atoms with Gasteiger partial charge in [-0.25, -0.2) is 9.97 Å². The van der Waals surface area contributed by atoms with Crippen molar-refractivity contribution in [3.63, 3.8) is 0 Å². The highest BCUT2D eigenvalue weighted by Crippen LogP contribution is 2.28. The molecule has 2 heterocycles. The summed E-state index contributed by atoms with van der Waals surface area (Å²) < 4.78 is 7.75. The number of benzene rings is 1. The second-order valence-electron chi connectivity index (χ2n) is 5.53. The fourth-order valence-corrected chi connectivity index (χ4v) is 2.77. The molecular formula is C17H16N4O2. The van der Waals surface area contributed by atoms with Crippen LogP contribution in [-0.4, -0.2) is 30.7 Å². The van der Waals surface area contributed by atoms with E-state index >= 15 is 0 Å². The summed E-state index contributed by atoms with van der Waals surface area (Å²) in [5.74, 6) is 0.472. The van der Waals surface area contributed by atoms with Crippen molar-refractivity contribution in [3.8, 4) is 5.88 Å². The Morgan fingerprint density at radius 3 is 2.78 bits per heavy atom. The van der Waals surface area contributed by atoms with Crippen molar-refractivity contribution < 1.29 is 9.84 Å². The van der Waals surface area contributed by atoms with E-state index in [1.807, 2.05) is 41.0 Å². The van der Waals surface area contributed by atoms with Gasteiger partial charge in [-0.1, -0.05) is 42.5 Å². The Morgan fingerprint density at radius 1 is 1.13 bits per heavy atom. The molecule has 0 spiro atoms. The van der Waals surface area contributed by atoms with Gasteiger partial charge >= 0.3 is 0 Å². The molecule has 2 aromatic heterocycles. The van der Waals surface area contributed by atoms with Gasteiger partial charge in [-0.15, -0.1) is 0 Å². The van der Waals surface area contributed by atoms with Gasteiger partial charge in [0.05, 0.1) is 18.5 Å². The number of aliphatic hydroxyl groups excluding tert-OH is 1. The number of hydrogen-bond donors (Lipinski definition) is 1. The van der Waals surface area contributed by atoms with Crippen LogP contribution in [0.4, 0.5) is 0 Å². The molecule has 2 unspecified atom stereocenters. The molecule has 1 aromatic carbocycles. The highest BCUT2D eigenvalue weighted by Gasteiger charge is 2.21. The Morgan fingerprint density at radius 2 is 2.00 bits per heavy atom. The quantitative estimate of drug-likeness (QED) is 0.749. The molecular weight excluding hydrogens is 292 g/mol. The Labute approximate surface area is 133 Å². The van der Waals surface area contributed by atoms with Crippen molar-refractivity contribution in [1.82, 2.24) is 19.5 Å². The molecule has 1 aliphatic carbocycles. The number of hydrogen-bond acceptors (Lipinski definition) is 5. The lowest BCUT2D eigenvalue weighted by atomic mass is 10.2. The molecule has 2 atom stereocenters. The summed E-state index contributed by atoms with van der Waals surface area (Å²) in [6.07, 6.45) is 7.20. The highest BCUT2D eigenvalue weighted by molar-refractivity contribution is 5.76. The number of rotatable bonds is 4. The minimum atomic E-state index is -0.409. The summed E-state index contributed by atoms with van der Waals surface area (Å²) in [5, 5.41) is 9.66. The van der Waals surface area contributed by atoms with Crippen molar-refractivity contribution in [3.05, 3.63) is 60.7 Å². The van der Waals surface area contributed by atoms with Crippen molar-refractivity contribution >= 4 is 11.2 Å². The van der Waals surface area contributed by atoms with Gasteiger partial charge in [0.15, 0.2) is 11.2 Å². The third-order valence-corrected chi connectivity index (χ3v) is 3.94. The maximum atomic E-state index is 9.66. The first-order chi connectivity index (χ1) is 11.3. The molecule has 6 nitrogen and oxygen atoms in total. The smallest absolute Gasteiger partial charge is 0.245 e. The fourth-order valence-electron chi connectivity index (χ4n) is 2.77. The van der Waals surface area contributed by atoms with Crippen LogP contribution in [0.25, 0.3) is 11.2 Å². The van der Waals surface area contributed by atoms with Gasteiger partial charge in [0.1, 0.15) is 12.9 Å². The highest BCUT2D eigenvalue weighted by atomic mass is 16.5. The molecule has 1 aliphatic rings. The van der Waals surface area contributed by atoms with Gasteiger partial charge in [-0.2, -0.15) is 4.98 Å². The van der Waals surface area contributed by atoms with Crippen LogP contribution in [0.2, 0.25) is 0 Å². The van der Waals surface area contributed by atoms with Gasteiger partial charge in [0, 0.05) is 6.42 Å². The number of imidazole rings is 1. The summed E-state index contributed by atoms with van der Waals surface area (Å²) >= 11 is 0. The van der Waals surface area contributed by atoms with Crippen molar-refractivity contribution in [1.29, 1.82) is 0 Å². The topological polar surface area (TPSA) is 73.1 Å². The third-order valence-electron chi connectivity index (χ3n) is 3.94. The zero-order valence-electron chi connectivity index (χ0n) is 12.4. The van der Waals surface area contributed by atoms with Crippen LogP contribution in [-0.2, 0) is 6.61 Å². The lowest BCUT2D eigenvalue weighted by molar-refractivity contribution is 0.211. The number of allylic oxidation sites excluding steroid dienone is 1. The molecule has 0 amide bonds. The van der Waals surface area contributed by atoms with E-state index in [-0.39, 0.29) is 6.04 Å². The molecule has 1 N–H and O–H groups in total. The van der Waals surface area contributed by atoms with Crippen LogP contribution in [0.1, 0.15) is 18.0 Å². The van der Waals surface area contributed by atoms with E-state index in [0.717, 1.165) is 5.56 Å². The van der Waals surface area contributed by atoms with E-state index in [0.29, 0.717) is 30.1 Å². The Hall–Kier alpha value is -2.73. The molecule has 4 rings (SSSR count). The van der Waals surface area contributed by atoms with E-state index in [1.165, 1.54) is 6.33 Å². The van der Waals surface area contributed by atoms with Crippen molar-refractivity contribution in [2.45, 2.75) is 25.2 Å². The van der Waals surface area contributed by atoms with Crippen LogP contribution >= 0.6 is 0 Å². The maximum Gasteiger partial charge on any atom is 0.245 e. The first-order valence-corrected chi connectivity index (χ1v) is 7.52. The molecule has 6 heteroatoms. The predicted octanol–water partition coefficient (Wildman–Crippen LogP) is 2.27. The van der Waals surface area contributed by atoms with Crippen LogP contribution < -0.4 is 4.74 Å². The monoisotopic (exact) mass is 308 g/mol. The van der Waals surface area contributed by atoms with Gasteiger partial charge in [0.25, 0.3) is 0 Å². The number of aliphatic hydroxyl groups is 1. The second-order valence-corrected chi connectivity index (χ2v) is 5.53. The zero-order valence-corrected chi connectivity index (χ0v) is 12.4. The molecule has 116 valence electrons. The Bertz CT molecular complexity index is 844. The summed E-state index contributed by atoms with van der Waals surface area (Å²) in [5.41, 5.74) is 2.42. The summed E-state index contributed by atoms with van der Waals surface area (Å²) in [7, 11) is 0.